The second-order valence-corrected chi connectivity index (χ2v) is 5.47. The van der Waals surface area contributed by atoms with Crippen molar-refractivity contribution >= 4 is 29.0 Å². The van der Waals surface area contributed by atoms with Gasteiger partial charge in [0, 0.05) is 5.54 Å². The summed E-state index contributed by atoms with van der Waals surface area (Å²) in [7, 11) is 0.0298. The Morgan fingerprint density at radius 2 is 1.86 bits per heavy atom. The van der Waals surface area contributed by atoms with Crippen LogP contribution in [0.2, 0.25) is 0 Å². The van der Waals surface area contributed by atoms with Gasteiger partial charge in [-0.1, -0.05) is 0 Å². The summed E-state index contributed by atoms with van der Waals surface area (Å²) in [4.78, 5) is 3.41. The van der Waals surface area contributed by atoms with Crippen LogP contribution in [0.4, 0.5) is 0 Å². The van der Waals surface area contributed by atoms with Crippen molar-refractivity contribution in [2.24, 2.45) is 0 Å². The van der Waals surface area contributed by atoms with Crippen LogP contribution in [0.5, 0.6) is 0 Å². The lowest BCUT2D eigenvalue weighted by Crippen LogP contribution is -2.36. The predicted octanol–water partition coefficient (Wildman–Crippen LogP) is 0.808. The van der Waals surface area contributed by atoms with Gasteiger partial charge in [0.2, 0.25) is 0 Å². The largest absolute Gasteiger partial charge is 0.330 e. The highest BCUT2D eigenvalue weighted by molar-refractivity contribution is 14.1. The predicted molar refractivity (Wildman–Crippen MR) is 45.5 cm³/mol. The van der Waals surface area contributed by atoms with E-state index in [1.165, 1.54) is 0 Å². The second-order valence-electron chi connectivity index (χ2n) is 2.56. The van der Waals surface area contributed by atoms with Crippen LogP contribution in [0.1, 0.15) is 20.8 Å². The van der Waals surface area contributed by atoms with Crippen molar-refractivity contribution in [2.75, 3.05) is 0 Å². The van der Waals surface area contributed by atoms with Crippen LogP contribution in [-0.4, -0.2) is 12.7 Å². The zero-order valence-corrected chi connectivity index (χ0v) is 8.66. The number of hydrogen-bond donors (Lipinski definition) is 1. The highest BCUT2D eigenvalue weighted by atomic mass is 127. The van der Waals surface area contributed by atoms with Crippen molar-refractivity contribution in [1.29, 1.82) is 0 Å². The van der Waals surface area contributed by atoms with Crippen LogP contribution in [0.3, 0.4) is 0 Å². The molecule has 1 nitrogen and oxygen atoms in total. The molecule has 0 aliphatic heterocycles. The molecule has 0 spiro atoms. The molecule has 0 aliphatic rings. The molecule has 0 amide bonds. The first-order valence-electron chi connectivity index (χ1n) is 2.37. The van der Waals surface area contributed by atoms with E-state index in [2.05, 4.69) is 47.6 Å². The van der Waals surface area contributed by atoms with Crippen molar-refractivity contribution < 1.29 is 0 Å². The summed E-state index contributed by atoms with van der Waals surface area (Å²) in [6.45, 7) is 6.58. The Labute approximate surface area is 60.4 Å². The summed E-state index contributed by atoms with van der Waals surface area (Å²) in [6, 6.07) is 0. The average molecular weight is 229 g/mol. The number of rotatable bonds is 1. The minimum absolute atomic E-state index is 0.0298. The third-order valence-electron chi connectivity index (χ3n) is 0.597. The zero-order valence-electron chi connectivity index (χ0n) is 5.09. The summed E-state index contributed by atoms with van der Waals surface area (Å²) in [5.74, 6) is 0. The molecule has 0 saturated heterocycles. The molecule has 7 heavy (non-hydrogen) atoms. The van der Waals surface area contributed by atoms with Gasteiger partial charge in [0.05, 0.1) is 0 Å². The lowest BCUT2D eigenvalue weighted by atomic mass is 10.1. The van der Waals surface area contributed by atoms with Crippen LogP contribution < -0.4 is 4.98 Å². The SMILES string of the molecule is CC(C)(C)N[SiH2]I. The lowest BCUT2D eigenvalue weighted by Gasteiger charge is -2.17. The summed E-state index contributed by atoms with van der Waals surface area (Å²) >= 11 is 2.44. The standard InChI is InChI=1S/C4H12INSi/c1-4(2,3)6-7-5/h6H,7H2,1-3H3. The van der Waals surface area contributed by atoms with Crippen molar-refractivity contribution in [1.82, 2.24) is 4.98 Å². The molecule has 0 saturated carbocycles. The van der Waals surface area contributed by atoms with E-state index in [1.807, 2.05) is 0 Å². The van der Waals surface area contributed by atoms with E-state index >= 15 is 0 Å². The van der Waals surface area contributed by atoms with E-state index in [0.29, 0.717) is 5.54 Å². The van der Waals surface area contributed by atoms with Crippen molar-refractivity contribution in [2.45, 2.75) is 26.3 Å². The molecule has 3 heteroatoms. The van der Waals surface area contributed by atoms with E-state index < -0.39 is 0 Å². The van der Waals surface area contributed by atoms with Gasteiger partial charge in [-0.05, 0) is 20.8 Å². The summed E-state index contributed by atoms with van der Waals surface area (Å²) in [6.07, 6.45) is 0. The first-order chi connectivity index (χ1) is 3.06. The van der Waals surface area contributed by atoms with Crippen molar-refractivity contribution in [3.8, 4) is 0 Å². The fraction of sp³-hybridized carbons (Fsp3) is 1.00. The molecule has 0 fully saturated rings. The van der Waals surface area contributed by atoms with Crippen LogP contribution in [0, 0.1) is 0 Å². The topological polar surface area (TPSA) is 12.0 Å². The molecule has 44 valence electrons. The first-order valence-corrected chi connectivity index (χ1v) is 8.19. The Balaban J connectivity index is 3.15. The molecule has 1 N–H and O–H groups in total. The number of hydrogen-bond acceptors (Lipinski definition) is 1. The molecular weight excluding hydrogens is 217 g/mol. The van der Waals surface area contributed by atoms with Gasteiger partial charge in [0.25, 0.3) is 0 Å². The van der Waals surface area contributed by atoms with E-state index in [-0.39, 0.29) is 7.18 Å². The zero-order chi connectivity index (χ0) is 5.91. The third kappa shape index (κ3) is 6.91. The molecule has 0 unspecified atom stereocenters. The van der Waals surface area contributed by atoms with Crippen molar-refractivity contribution in [3.63, 3.8) is 0 Å². The van der Waals surface area contributed by atoms with Crippen LogP contribution in [0.25, 0.3) is 0 Å². The normalized spacial score (nSPS) is 13.7. The van der Waals surface area contributed by atoms with E-state index in [4.69, 9.17) is 0 Å². The maximum atomic E-state index is 3.41. The van der Waals surface area contributed by atoms with Gasteiger partial charge in [-0.2, -0.15) is 0 Å². The van der Waals surface area contributed by atoms with Crippen LogP contribution in [-0.2, 0) is 0 Å². The minimum Gasteiger partial charge on any atom is -0.330 e. The molecule has 0 heterocycles. The Morgan fingerprint density at radius 1 is 1.43 bits per heavy atom. The Morgan fingerprint density at radius 3 is 1.86 bits per heavy atom. The second kappa shape index (κ2) is 3.04. The molecular formula is C4H12INSi. The Bertz CT molecular complexity index is 50.1. The summed E-state index contributed by atoms with van der Waals surface area (Å²) in [5, 5.41) is 0. The molecule has 0 aromatic heterocycles. The lowest BCUT2D eigenvalue weighted by molar-refractivity contribution is 0.527. The summed E-state index contributed by atoms with van der Waals surface area (Å²) < 4.78 is 0. The van der Waals surface area contributed by atoms with Gasteiger partial charge < -0.3 is 4.98 Å². The minimum atomic E-state index is 0.0298. The fourth-order valence-electron chi connectivity index (χ4n) is 0.200. The van der Waals surface area contributed by atoms with Gasteiger partial charge >= 0.3 is 0 Å². The molecule has 0 aromatic carbocycles. The smallest absolute Gasteiger partial charge is 0.163 e. The molecule has 0 aliphatic carbocycles. The van der Waals surface area contributed by atoms with Gasteiger partial charge in [0.15, 0.2) is 7.18 Å². The number of nitrogens with one attached hydrogen (secondary N) is 1. The maximum Gasteiger partial charge on any atom is 0.163 e. The van der Waals surface area contributed by atoms with Gasteiger partial charge in [0.1, 0.15) is 0 Å². The molecule has 0 aromatic rings. The molecule has 0 bridgehead atoms. The van der Waals surface area contributed by atoms with E-state index in [1.54, 1.807) is 0 Å². The van der Waals surface area contributed by atoms with Gasteiger partial charge in [-0.15, -0.1) is 21.8 Å². The monoisotopic (exact) mass is 229 g/mol. The Hall–Kier alpha value is 0.907. The molecule has 0 rings (SSSR count). The van der Waals surface area contributed by atoms with Gasteiger partial charge in [-0.25, -0.2) is 0 Å². The highest BCUT2D eigenvalue weighted by Crippen LogP contribution is 1.96. The molecule has 0 radical (unpaired) electrons. The van der Waals surface area contributed by atoms with E-state index in [9.17, 15) is 0 Å². The van der Waals surface area contributed by atoms with Gasteiger partial charge in [-0.3, -0.25) is 0 Å². The fourth-order valence-corrected chi connectivity index (χ4v) is 4.03. The Kier molecular flexibility index (Phi) is 3.43. The van der Waals surface area contributed by atoms with E-state index in [0.717, 1.165) is 0 Å². The first kappa shape index (κ1) is 7.91. The van der Waals surface area contributed by atoms with Crippen molar-refractivity contribution in [3.05, 3.63) is 0 Å². The quantitative estimate of drug-likeness (QED) is 0.398. The highest BCUT2D eigenvalue weighted by Gasteiger charge is 2.04. The average Bonchev–Trinajstić information content (AvgIpc) is 1.30. The van der Waals surface area contributed by atoms with Crippen LogP contribution in [0.15, 0.2) is 0 Å². The molecule has 0 atom stereocenters. The number of halogens is 1. The van der Waals surface area contributed by atoms with Crippen LogP contribution >= 0.6 is 21.8 Å². The maximum absolute atomic E-state index is 3.41. The third-order valence-corrected chi connectivity index (χ3v) is 2.94. The summed E-state index contributed by atoms with van der Waals surface area (Å²) in [5.41, 5.74) is 0.355.